The molecule has 0 spiro atoms. The van der Waals surface area contributed by atoms with Crippen molar-refractivity contribution in [2.24, 2.45) is 5.11 Å². The third kappa shape index (κ3) is 2.04. The fourth-order valence-corrected chi connectivity index (χ4v) is 2.50. The molecule has 3 aromatic rings. The third-order valence-electron chi connectivity index (χ3n) is 3.27. The van der Waals surface area contributed by atoms with E-state index in [9.17, 15) is 5.11 Å². The number of fused-ring (bicyclic) bond motifs is 1. The van der Waals surface area contributed by atoms with Crippen molar-refractivity contribution in [3.8, 4) is 5.88 Å². The van der Waals surface area contributed by atoms with Crippen molar-refractivity contribution >= 4 is 28.2 Å². The van der Waals surface area contributed by atoms with Crippen LogP contribution in [0.4, 0.5) is 5.69 Å². The number of aromatic nitrogens is 1. The highest BCUT2D eigenvalue weighted by molar-refractivity contribution is 6.31. The van der Waals surface area contributed by atoms with Gasteiger partial charge in [0.15, 0.2) is 5.69 Å². The molecule has 0 bridgehead atoms. The molecule has 3 rings (SSSR count). The number of aromatic hydroxyl groups is 1. The smallest absolute Gasteiger partial charge is 0.221 e. The van der Waals surface area contributed by atoms with Crippen molar-refractivity contribution in [3.63, 3.8) is 0 Å². The molecule has 5 heteroatoms. The summed E-state index contributed by atoms with van der Waals surface area (Å²) in [4.78, 5) is 0. The third-order valence-corrected chi connectivity index (χ3v) is 3.50. The van der Waals surface area contributed by atoms with Gasteiger partial charge in [0.2, 0.25) is 5.88 Å². The first-order valence-electron chi connectivity index (χ1n) is 6.13. The van der Waals surface area contributed by atoms with E-state index in [-0.39, 0.29) is 11.6 Å². The highest BCUT2D eigenvalue weighted by Gasteiger charge is 2.16. The molecule has 0 saturated heterocycles. The Labute approximate surface area is 120 Å². The van der Waals surface area contributed by atoms with Gasteiger partial charge in [-0.25, -0.2) is 5.53 Å². The molecule has 0 saturated carbocycles. The second kappa shape index (κ2) is 4.98. The molecule has 2 N–H and O–H groups in total. The van der Waals surface area contributed by atoms with Crippen LogP contribution in [0.3, 0.4) is 0 Å². The molecule has 100 valence electrons. The molecule has 0 radical (unpaired) electrons. The zero-order valence-corrected chi connectivity index (χ0v) is 11.3. The molecule has 4 nitrogen and oxygen atoms in total. The lowest BCUT2D eigenvalue weighted by Gasteiger charge is -2.07. The summed E-state index contributed by atoms with van der Waals surface area (Å²) >= 11 is 5.98. The zero-order chi connectivity index (χ0) is 14.1. The van der Waals surface area contributed by atoms with Crippen molar-refractivity contribution in [3.05, 3.63) is 59.1 Å². The van der Waals surface area contributed by atoms with Gasteiger partial charge in [0.05, 0.1) is 12.1 Å². The lowest BCUT2D eigenvalue weighted by Crippen LogP contribution is -1.98. The number of hydrogen-bond acceptors (Lipinski definition) is 3. The Balaban J connectivity index is 2.20. The van der Waals surface area contributed by atoms with Gasteiger partial charge >= 0.3 is 0 Å². The van der Waals surface area contributed by atoms with Crippen LogP contribution in [0, 0.1) is 5.53 Å². The van der Waals surface area contributed by atoms with Crippen molar-refractivity contribution in [1.82, 2.24) is 4.57 Å². The van der Waals surface area contributed by atoms with Crippen LogP contribution in [-0.2, 0) is 6.54 Å². The van der Waals surface area contributed by atoms with Crippen LogP contribution in [0.2, 0.25) is 5.02 Å². The normalized spacial score (nSPS) is 10.8. The molecule has 0 aliphatic rings. The van der Waals surface area contributed by atoms with Crippen LogP contribution in [0.25, 0.3) is 10.9 Å². The monoisotopic (exact) mass is 285 g/mol. The Hall–Kier alpha value is -2.33. The molecule has 1 aromatic heterocycles. The summed E-state index contributed by atoms with van der Waals surface area (Å²) in [6.45, 7) is 0.514. The minimum Gasteiger partial charge on any atom is -0.493 e. The van der Waals surface area contributed by atoms with E-state index >= 15 is 0 Å². The topological polar surface area (TPSA) is 61.4 Å². The van der Waals surface area contributed by atoms with E-state index in [1.165, 1.54) is 0 Å². The molecule has 20 heavy (non-hydrogen) atoms. The quantitative estimate of drug-likeness (QED) is 0.673. The fraction of sp³-hybridized carbons (Fsp3) is 0.0667. The predicted molar refractivity (Wildman–Crippen MR) is 79.0 cm³/mol. The van der Waals surface area contributed by atoms with Crippen LogP contribution in [-0.4, -0.2) is 9.67 Å². The Morgan fingerprint density at radius 2 is 1.90 bits per heavy atom. The van der Waals surface area contributed by atoms with Gasteiger partial charge in [-0.3, -0.25) is 0 Å². The van der Waals surface area contributed by atoms with E-state index in [0.29, 0.717) is 17.0 Å². The van der Waals surface area contributed by atoms with Crippen molar-refractivity contribution in [2.75, 3.05) is 0 Å². The van der Waals surface area contributed by atoms with Crippen LogP contribution >= 0.6 is 11.6 Å². The van der Waals surface area contributed by atoms with Crippen molar-refractivity contribution < 1.29 is 5.11 Å². The second-order valence-electron chi connectivity index (χ2n) is 4.52. The lowest BCUT2D eigenvalue weighted by molar-refractivity contribution is 0.429. The maximum atomic E-state index is 10.3. The van der Waals surface area contributed by atoms with Gasteiger partial charge in [0.1, 0.15) is 0 Å². The fourth-order valence-electron chi connectivity index (χ4n) is 2.33. The van der Waals surface area contributed by atoms with E-state index in [1.807, 2.05) is 36.4 Å². The molecule has 0 aliphatic heterocycles. The maximum Gasteiger partial charge on any atom is 0.221 e. The average Bonchev–Trinajstić information content (AvgIpc) is 2.71. The molecule has 1 heterocycles. The minimum atomic E-state index is -0.0129. The number of nitrogens with zero attached hydrogens (tertiary/aromatic N) is 2. The summed E-state index contributed by atoms with van der Waals surface area (Å²) in [5.74, 6) is -0.0129. The van der Waals surface area contributed by atoms with Gasteiger partial charge < -0.3 is 9.67 Å². The summed E-state index contributed by atoms with van der Waals surface area (Å²) in [5, 5.41) is 14.9. The van der Waals surface area contributed by atoms with Gasteiger partial charge in [-0.05, 0) is 23.8 Å². The molecular formula is C15H12ClN3O. The molecular weight excluding hydrogens is 274 g/mol. The van der Waals surface area contributed by atoms with Crippen LogP contribution in [0.5, 0.6) is 5.88 Å². The van der Waals surface area contributed by atoms with E-state index < -0.39 is 0 Å². The van der Waals surface area contributed by atoms with Gasteiger partial charge in [-0.15, -0.1) is 0 Å². The Bertz CT molecular complexity index is 781. The van der Waals surface area contributed by atoms with Crippen LogP contribution in [0.1, 0.15) is 5.56 Å². The van der Waals surface area contributed by atoms with E-state index in [0.717, 1.165) is 11.1 Å². The molecule has 0 amide bonds. The molecule has 0 atom stereocenters. The van der Waals surface area contributed by atoms with Gasteiger partial charge in [0.25, 0.3) is 0 Å². The average molecular weight is 286 g/mol. The number of nitrogens with one attached hydrogen (secondary N) is 1. The maximum absolute atomic E-state index is 10.3. The Kier molecular flexibility index (Phi) is 3.16. The number of benzene rings is 2. The first kappa shape index (κ1) is 12.7. The highest BCUT2D eigenvalue weighted by atomic mass is 35.5. The van der Waals surface area contributed by atoms with Crippen molar-refractivity contribution in [2.45, 2.75) is 6.54 Å². The number of rotatable bonds is 3. The minimum absolute atomic E-state index is 0.0129. The standard InChI is InChI=1S/C15H12ClN3O/c16-11-6-7-13-12(8-11)14(18-17)15(20)19(13)9-10-4-2-1-3-5-10/h1-8,17,20H,9H2. The lowest BCUT2D eigenvalue weighted by atomic mass is 10.2. The summed E-state index contributed by atoms with van der Waals surface area (Å²) < 4.78 is 1.73. The largest absolute Gasteiger partial charge is 0.493 e. The molecule has 0 fully saturated rings. The van der Waals surface area contributed by atoms with E-state index in [1.54, 1.807) is 16.7 Å². The van der Waals surface area contributed by atoms with Crippen molar-refractivity contribution in [1.29, 1.82) is 5.53 Å². The Morgan fingerprint density at radius 1 is 1.15 bits per heavy atom. The molecule has 2 aromatic carbocycles. The first-order chi connectivity index (χ1) is 9.70. The number of halogens is 1. The molecule has 0 aliphatic carbocycles. The van der Waals surface area contributed by atoms with Gasteiger partial charge in [-0.1, -0.05) is 41.9 Å². The number of hydrogen-bond donors (Lipinski definition) is 2. The summed E-state index contributed by atoms with van der Waals surface area (Å²) in [6, 6.07) is 15.1. The highest BCUT2D eigenvalue weighted by Crippen LogP contribution is 2.39. The molecule has 0 unspecified atom stereocenters. The SMILES string of the molecule is N=Nc1c(O)n(Cc2ccccc2)c2ccc(Cl)cc12. The van der Waals surface area contributed by atoms with Crippen LogP contribution < -0.4 is 0 Å². The summed E-state index contributed by atoms with van der Waals surface area (Å²) in [7, 11) is 0. The first-order valence-corrected chi connectivity index (χ1v) is 6.50. The van der Waals surface area contributed by atoms with Gasteiger partial charge in [-0.2, -0.15) is 5.11 Å². The summed E-state index contributed by atoms with van der Waals surface area (Å²) in [6.07, 6.45) is 0. The zero-order valence-electron chi connectivity index (χ0n) is 10.5. The van der Waals surface area contributed by atoms with Gasteiger partial charge in [0, 0.05) is 10.4 Å². The van der Waals surface area contributed by atoms with Crippen LogP contribution in [0.15, 0.2) is 53.6 Å². The van der Waals surface area contributed by atoms with E-state index in [4.69, 9.17) is 17.1 Å². The van der Waals surface area contributed by atoms with E-state index in [2.05, 4.69) is 5.11 Å². The second-order valence-corrected chi connectivity index (χ2v) is 4.95. The summed E-state index contributed by atoms with van der Waals surface area (Å²) in [5.41, 5.74) is 9.36. The predicted octanol–water partition coefficient (Wildman–Crippen LogP) is 4.71. The Morgan fingerprint density at radius 3 is 2.60 bits per heavy atom.